The van der Waals surface area contributed by atoms with Crippen LogP contribution in [-0.4, -0.2) is 44.0 Å². The van der Waals surface area contributed by atoms with E-state index in [-0.39, 0.29) is 11.8 Å². The van der Waals surface area contributed by atoms with Crippen LogP contribution in [0.4, 0.5) is 0 Å². The van der Waals surface area contributed by atoms with E-state index in [2.05, 4.69) is 14.6 Å². The molecule has 1 aromatic carbocycles. The van der Waals surface area contributed by atoms with Gasteiger partial charge in [-0.25, -0.2) is 13.1 Å². The fraction of sp³-hybridized carbons (Fsp3) is 0.500. The number of piperidine rings is 1. The van der Waals surface area contributed by atoms with E-state index in [1.807, 2.05) is 37.3 Å². The quantitative estimate of drug-likeness (QED) is 0.872. The molecule has 6 heteroatoms. The van der Waals surface area contributed by atoms with Crippen LogP contribution in [0.15, 0.2) is 36.5 Å². The number of hydrogen-bond acceptors (Lipinski definition) is 4. The Labute approximate surface area is 144 Å². The second kappa shape index (κ2) is 7.59. The molecule has 0 amide bonds. The highest BCUT2D eigenvalue weighted by atomic mass is 32.2. The molecule has 24 heavy (non-hydrogen) atoms. The number of sulfonamides is 1. The Morgan fingerprint density at radius 1 is 1.17 bits per heavy atom. The lowest BCUT2D eigenvalue weighted by Crippen LogP contribution is -2.43. The first-order valence-electron chi connectivity index (χ1n) is 8.58. The van der Waals surface area contributed by atoms with Crippen LogP contribution in [0.3, 0.4) is 0 Å². The largest absolute Gasteiger partial charge is 0.302 e. The van der Waals surface area contributed by atoms with Gasteiger partial charge in [0.2, 0.25) is 10.0 Å². The summed E-state index contributed by atoms with van der Waals surface area (Å²) in [7, 11) is -3.39. The summed E-state index contributed by atoms with van der Waals surface area (Å²) in [6, 6.07) is 9.39. The molecule has 5 nitrogen and oxygen atoms in total. The molecule has 0 radical (unpaired) electrons. The van der Waals surface area contributed by atoms with Crippen molar-refractivity contribution in [2.75, 3.05) is 19.6 Å². The number of para-hydroxylation sites is 1. The molecule has 1 saturated heterocycles. The molecule has 1 atom stereocenters. The van der Waals surface area contributed by atoms with Crippen molar-refractivity contribution in [1.82, 2.24) is 14.6 Å². The Kier molecular flexibility index (Phi) is 5.48. The summed E-state index contributed by atoms with van der Waals surface area (Å²) in [6.07, 6.45) is 5.40. The fourth-order valence-electron chi connectivity index (χ4n) is 3.40. The van der Waals surface area contributed by atoms with Gasteiger partial charge in [-0.3, -0.25) is 4.98 Å². The molecule has 1 aromatic heterocycles. The molecule has 1 N–H and O–H groups in total. The number of benzene rings is 1. The zero-order valence-electron chi connectivity index (χ0n) is 14.1. The van der Waals surface area contributed by atoms with Crippen LogP contribution in [0.1, 0.15) is 31.7 Å². The van der Waals surface area contributed by atoms with E-state index in [1.54, 1.807) is 6.20 Å². The van der Waals surface area contributed by atoms with Gasteiger partial charge in [0.05, 0.1) is 11.3 Å². The Balaban J connectivity index is 1.66. The highest BCUT2D eigenvalue weighted by molar-refractivity contribution is 7.88. The van der Waals surface area contributed by atoms with Gasteiger partial charge in [0, 0.05) is 24.2 Å². The molecule has 2 aromatic rings. The predicted octanol–water partition coefficient (Wildman–Crippen LogP) is 2.53. The highest BCUT2D eigenvalue weighted by Gasteiger charge is 2.20. The maximum atomic E-state index is 12.5. The maximum absolute atomic E-state index is 12.5. The van der Waals surface area contributed by atoms with Crippen LogP contribution in [-0.2, 0) is 15.8 Å². The van der Waals surface area contributed by atoms with E-state index in [0.29, 0.717) is 0 Å². The lowest BCUT2D eigenvalue weighted by atomic mass is 10.1. The number of hydrogen-bond donors (Lipinski definition) is 1. The number of rotatable bonds is 6. The zero-order valence-corrected chi connectivity index (χ0v) is 14.9. The molecular weight excluding hydrogens is 322 g/mol. The van der Waals surface area contributed by atoms with E-state index >= 15 is 0 Å². The summed E-state index contributed by atoms with van der Waals surface area (Å²) in [6.45, 7) is 4.85. The summed E-state index contributed by atoms with van der Waals surface area (Å²) in [5, 5.41) is 0.964. The summed E-state index contributed by atoms with van der Waals surface area (Å²) >= 11 is 0. The average molecular weight is 347 g/mol. The first-order chi connectivity index (χ1) is 11.5. The second-order valence-corrected chi connectivity index (χ2v) is 8.39. The van der Waals surface area contributed by atoms with Gasteiger partial charge in [0.15, 0.2) is 0 Å². The number of pyridine rings is 1. The van der Waals surface area contributed by atoms with Crippen molar-refractivity contribution < 1.29 is 8.42 Å². The van der Waals surface area contributed by atoms with Crippen LogP contribution in [0.5, 0.6) is 0 Å². The van der Waals surface area contributed by atoms with Gasteiger partial charge >= 0.3 is 0 Å². The van der Waals surface area contributed by atoms with Crippen molar-refractivity contribution in [2.24, 2.45) is 0 Å². The number of likely N-dealkylation sites (tertiary alicyclic amines) is 1. The van der Waals surface area contributed by atoms with E-state index in [0.717, 1.165) is 36.1 Å². The third-order valence-corrected chi connectivity index (χ3v) is 5.88. The third kappa shape index (κ3) is 4.53. The fourth-order valence-corrected chi connectivity index (χ4v) is 4.82. The second-order valence-electron chi connectivity index (χ2n) is 6.63. The van der Waals surface area contributed by atoms with E-state index in [1.165, 1.54) is 19.3 Å². The van der Waals surface area contributed by atoms with Gasteiger partial charge in [-0.2, -0.15) is 0 Å². The van der Waals surface area contributed by atoms with Gasteiger partial charge in [-0.15, -0.1) is 0 Å². The summed E-state index contributed by atoms with van der Waals surface area (Å²) < 4.78 is 27.9. The molecule has 0 bridgehead atoms. The Morgan fingerprint density at radius 3 is 2.71 bits per heavy atom. The molecule has 1 aliphatic rings. The minimum atomic E-state index is -3.39. The molecule has 2 heterocycles. The number of nitrogens with zero attached hydrogens (tertiary/aromatic N) is 2. The first kappa shape index (κ1) is 17.3. The van der Waals surface area contributed by atoms with Gasteiger partial charge in [0.1, 0.15) is 0 Å². The van der Waals surface area contributed by atoms with Crippen LogP contribution in [0.2, 0.25) is 0 Å². The predicted molar refractivity (Wildman–Crippen MR) is 97.3 cm³/mol. The van der Waals surface area contributed by atoms with E-state index < -0.39 is 10.0 Å². The number of fused-ring (bicyclic) bond motifs is 1. The molecule has 0 saturated carbocycles. The highest BCUT2D eigenvalue weighted by Crippen LogP contribution is 2.18. The first-order valence-corrected chi connectivity index (χ1v) is 10.2. The lowest BCUT2D eigenvalue weighted by Gasteiger charge is -2.29. The van der Waals surface area contributed by atoms with Gasteiger partial charge in [-0.1, -0.05) is 30.7 Å². The smallest absolute Gasteiger partial charge is 0.216 e. The van der Waals surface area contributed by atoms with Gasteiger partial charge < -0.3 is 4.90 Å². The van der Waals surface area contributed by atoms with Gasteiger partial charge in [0.25, 0.3) is 0 Å². The molecular formula is C18H25N3O2S. The minimum Gasteiger partial charge on any atom is -0.302 e. The third-order valence-electron chi connectivity index (χ3n) is 4.42. The van der Waals surface area contributed by atoms with Crippen LogP contribution < -0.4 is 4.72 Å². The van der Waals surface area contributed by atoms with E-state index in [4.69, 9.17) is 0 Å². The normalized spacial score (nSPS) is 17.9. The van der Waals surface area contributed by atoms with Crippen molar-refractivity contribution in [3.8, 4) is 0 Å². The number of nitrogens with one attached hydrogen (secondary N) is 1. The topological polar surface area (TPSA) is 62.3 Å². The molecule has 0 unspecified atom stereocenters. The molecule has 130 valence electrons. The molecule has 1 fully saturated rings. The van der Waals surface area contributed by atoms with Crippen molar-refractivity contribution in [2.45, 2.75) is 38.0 Å². The lowest BCUT2D eigenvalue weighted by molar-refractivity contribution is 0.215. The van der Waals surface area contributed by atoms with Crippen molar-refractivity contribution >= 4 is 20.9 Å². The SMILES string of the molecule is C[C@@H](CN1CCCCC1)NS(=O)(=O)Cc1cccc2cccnc12. The van der Waals surface area contributed by atoms with Crippen LogP contribution >= 0.6 is 0 Å². The Bertz CT molecular complexity index is 780. The van der Waals surface area contributed by atoms with Crippen molar-refractivity contribution in [1.29, 1.82) is 0 Å². The molecule has 3 rings (SSSR count). The Morgan fingerprint density at radius 2 is 1.92 bits per heavy atom. The maximum Gasteiger partial charge on any atom is 0.216 e. The van der Waals surface area contributed by atoms with Gasteiger partial charge in [-0.05, 0) is 44.5 Å². The average Bonchev–Trinajstić information content (AvgIpc) is 2.55. The number of aromatic nitrogens is 1. The summed E-state index contributed by atoms with van der Waals surface area (Å²) in [5.74, 6) is -0.0360. The molecule has 0 spiro atoms. The van der Waals surface area contributed by atoms with Crippen molar-refractivity contribution in [3.63, 3.8) is 0 Å². The van der Waals surface area contributed by atoms with Crippen molar-refractivity contribution in [3.05, 3.63) is 42.1 Å². The molecule has 1 aliphatic heterocycles. The monoisotopic (exact) mass is 347 g/mol. The summed E-state index contributed by atoms with van der Waals surface area (Å²) in [4.78, 5) is 6.68. The summed E-state index contributed by atoms with van der Waals surface area (Å²) in [5.41, 5.74) is 1.50. The van der Waals surface area contributed by atoms with Crippen LogP contribution in [0, 0.1) is 0 Å². The van der Waals surface area contributed by atoms with E-state index in [9.17, 15) is 8.42 Å². The molecule has 0 aliphatic carbocycles. The van der Waals surface area contributed by atoms with Crippen LogP contribution in [0.25, 0.3) is 10.9 Å². The minimum absolute atomic E-state index is 0.0360. The standard InChI is InChI=1S/C18H25N3O2S/c1-15(13-21-11-3-2-4-12-21)20-24(22,23)14-17-8-5-7-16-9-6-10-19-18(16)17/h5-10,15,20H,2-4,11-14H2,1H3/t15-/m0/s1. The zero-order chi connectivity index (χ0) is 17.0. The Hall–Kier alpha value is -1.50.